The van der Waals surface area contributed by atoms with Crippen LogP contribution in [0.1, 0.15) is 11.1 Å². The molecule has 2 amide bonds. The Morgan fingerprint density at radius 3 is 2.58 bits per heavy atom. The van der Waals surface area contributed by atoms with Gasteiger partial charge < -0.3 is 0 Å². The lowest BCUT2D eigenvalue weighted by molar-refractivity contribution is -0.139. The topological polar surface area (TPSA) is 32.8 Å². The fourth-order valence-corrected chi connectivity index (χ4v) is 3.61. The molecule has 0 N–H and O–H groups in total. The highest BCUT2D eigenvalue weighted by molar-refractivity contribution is 7.98. The molecule has 1 aliphatic rings. The summed E-state index contributed by atoms with van der Waals surface area (Å²) in [6.45, 7) is 0.436. The second-order valence-electron chi connectivity index (χ2n) is 5.72. The van der Waals surface area contributed by atoms with E-state index in [9.17, 15) is 18.0 Å². The molecular formula is C18H17F3N2O2S. The average molecular weight is 382 g/mol. The smallest absolute Gasteiger partial charge is 0.290 e. The molecule has 0 spiro atoms. The minimum Gasteiger partial charge on any atom is -0.290 e. The highest BCUT2D eigenvalue weighted by Gasteiger charge is 2.35. The molecule has 1 fully saturated rings. The Morgan fingerprint density at radius 1 is 1.15 bits per heavy atom. The van der Waals surface area contributed by atoms with Crippen molar-refractivity contribution in [1.82, 2.24) is 5.06 Å². The first kappa shape index (κ1) is 18.6. The SMILES string of the molecule is CN1OCCN(c2ccc(SCc3ccccc3)c(C(F)(F)F)c2)C1=O. The quantitative estimate of drug-likeness (QED) is 0.712. The molecule has 0 radical (unpaired) electrons. The van der Waals surface area contributed by atoms with Crippen LogP contribution >= 0.6 is 11.8 Å². The van der Waals surface area contributed by atoms with Crippen molar-refractivity contribution in [2.24, 2.45) is 0 Å². The average Bonchev–Trinajstić information content (AvgIpc) is 2.62. The highest BCUT2D eigenvalue weighted by Crippen LogP contribution is 2.40. The summed E-state index contributed by atoms with van der Waals surface area (Å²) in [6.07, 6.45) is -4.50. The third-order valence-corrected chi connectivity index (χ3v) is 5.06. The molecule has 1 heterocycles. The number of hydrogen-bond acceptors (Lipinski definition) is 3. The van der Waals surface area contributed by atoms with Gasteiger partial charge in [0.15, 0.2) is 0 Å². The molecule has 0 aliphatic carbocycles. The molecule has 0 unspecified atom stereocenters. The van der Waals surface area contributed by atoms with Crippen LogP contribution in [0.3, 0.4) is 0 Å². The standard InChI is InChI=1S/C18H17F3N2O2S/c1-22-17(24)23(9-10-25-22)14-7-8-16(15(11-14)18(19,20)21)26-12-13-5-3-2-4-6-13/h2-8,11H,9-10,12H2,1H3. The van der Waals surface area contributed by atoms with E-state index in [-0.39, 0.29) is 23.7 Å². The minimum atomic E-state index is -4.50. The van der Waals surface area contributed by atoms with Crippen molar-refractivity contribution in [2.45, 2.75) is 16.8 Å². The molecule has 1 saturated heterocycles. The first-order valence-corrected chi connectivity index (χ1v) is 8.91. The van der Waals surface area contributed by atoms with Gasteiger partial charge in [-0.05, 0) is 23.8 Å². The van der Waals surface area contributed by atoms with Crippen LogP contribution in [0.5, 0.6) is 0 Å². The highest BCUT2D eigenvalue weighted by atomic mass is 32.2. The van der Waals surface area contributed by atoms with Crippen LogP contribution in [0.25, 0.3) is 0 Å². The third-order valence-electron chi connectivity index (χ3n) is 3.92. The van der Waals surface area contributed by atoms with E-state index in [1.807, 2.05) is 30.3 Å². The number of amides is 2. The lowest BCUT2D eigenvalue weighted by Gasteiger charge is -2.33. The van der Waals surface area contributed by atoms with E-state index < -0.39 is 17.8 Å². The maximum Gasteiger partial charge on any atom is 0.417 e. The first-order valence-electron chi connectivity index (χ1n) is 7.92. The number of nitrogens with zero attached hydrogens (tertiary/aromatic N) is 2. The van der Waals surface area contributed by atoms with E-state index in [4.69, 9.17) is 4.84 Å². The normalized spacial score (nSPS) is 15.5. The minimum absolute atomic E-state index is 0.138. The zero-order chi connectivity index (χ0) is 18.7. The van der Waals surface area contributed by atoms with Gasteiger partial charge in [-0.25, -0.2) is 9.86 Å². The number of anilines is 1. The number of carbonyl (C=O) groups is 1. The summed E-state index contributed by atoms with van der Waals surface area (Å²) >= 11 is 1.13. The predicted molar refractivity (Wildman–Crippen MR) is 93.9 cm³/mol. The molecule has 0 aromatic heterocycles. The second kappa shape index (κ2) is 7.59. The fraction of sp³-hybridized carbons (Fsp3) is 0.278. The Hall–Kier alpha value is -2.19. The number of carbonyl (C=O) groups excluding carboxylic acids is 1. The van der Waals surface area contributed by atoms with Gasteiger partial charge in [-0.15, -0.1) is 11.8 Å². The summed E-state index contributed by atoms with van der Waals surface area (Å²) in [7, 11) is 1.43. The molecule has 3 rings (SSSR count). The Bertz CT molecular complexity index is 784. The Labute approximate surface area is 153 Å². The van der Waals surface area contributed by atoms with Crippen molar-refractivity contribution in [3.8, 4) is 0 Å². The van der Waals surface area contributed by atoms with Gasteiger partial charge in [-0.2, -0.15) is 13.2 Å². The molecule has 26 heavy (non-hydrogen) atoms. The molecule has 0 bridgehead atoms. The molecular weight excluding hydrogens is 365 g/mol. The zero-order valence-electron chi connectivity index (χ0n) is 14.0. The molecule has 2 aromatic rings. The molecule has 0 atom stereocenters. The van der Waals surface area contributed by atoms with Crippen molar-refractivity contribution in [2.75, 3.05) is 25.1 Å². The number of hydrogen-bond donors (Lipinski definition) is 0. The first-order chi connectivity index (χ1) is 12.4. The Balaban J connectivity index is 1.87. The van der Waals surface area contributed by atoms with E-state index in [0.29, 0.717) is 5.75 Å². The van der Waals surface area contributed by atoms with Crippen LogP contribution in [0, 0.1) is 0 Å². The van der Waals surface area contributed by atoms with Gasteiger partial charge in [0.25, 0.3) is 0 Å². The van der Waals surface area contributed by atoms with Gasteiger partial charge in [-0.3, -0.25) is 9.74 Å². The number of halogens is 3. The molecule has 4 nitrogen and oxygen atoms in total. The predicted octanol–water partition coefficient (Wildman–Crippen LogP) is 4.80. The zero-order valence-corrected chi connectivity index (χ0v) is 14.8. The summed E-state index contributed by atoms with van der Waals surface area (Å²) in [6, 6.07) is 12.8. The Kier molecular flexibility index (Phi) is 5.43. The number of urea groups is 1. The van der Waals surface area contributed by atoms with Crippen molar-refractivity contribution >= 4 is 23.5 Å². The number of alkyl halides is 3. The maximum atomic E-state index is 13.5. The molecule has 8 heteroatoms. The van der Waals surface area contributed by atoms with Crippen LogP contribution in [0.4, 0.5) is 23.7 Å². The van der Waals surface area contributed by atoms with Crippen LogP contribution in [0.15, 0.2) is 53.4 Å². The van der Waals surface area contributed by atoms with Gasteiger partial charge in [0.2, 0.25) is 0 Å². The molecule has 0 saturated carbocycles. The van der Waals surface area contributed by atoms with E-state index in [1.165, 1.54) is 18.0 Å². The van der Waals surface area contributed by atoms with E-state index >= 15 is 0 Å². The summed E-state index contributed by atoms with van der Waals surface area (Å²) < 4.78 is 40.6. The summed E-state index contributed by atoms with van der Waals surface area (Å²) in [4.78, 5) is 18.6. The van der Waals surface area contributed by atoms with Crippen molar-refractivity contribution < 1.29 is 22.8 Å². The van der Waals surface area contributed by atoms with E-state index in [1.54, 1.807) is 6.07 Å². The number of rotatable bonds is 4. The molecule has 2 aromatic carbocycles. The van der Waals surface area contributed by atoms with Crippen molar-refractivity contribution in [3.05, 3.63) is 59.7 Å². The number of thioether (sulfide) groups is 1. The lowest BCUT2D eigenvalue weighted by atomic mass is 10.1. The monoisotopic (exact) mass is 382 g/mol. The fourth-order valence-electron chi connectivity index (χ4n) is 2.60. The summed E-state index contributed by atoms with van der Waals surface area (Å²) in [5.74, 6) is 0.433. The second-order valence-corrected chi connectivity index (χ2v) is 6.73. The lowest BCUT2D eigenvalue weighted by Crippen LogP contribution is -2.48. The molecule has 1 aliphatic heterocycles. The van der Waals surface area contributed by atoms with Crippen LogP contribution in [-0.2, 0) is 16.8 Å². The number of hydroxylamine groups is 2. The van der Waals surface area contributed by atoms with Gasteiger partial charge in [0.05, 0.1) is 18.7 Å². The van der Waals surface area contributed by atoms with Gasteiger partial charge in [0, 0.05) is 23.4 Å². The van der Waals surface area contributed by atoms with Crippen LogP contribution in [-0.4, -0.2) is 31.3 Å². The number of benzene rings is 2. The maximum absolute atomic E-state index is 13.5. The van der Waals surface area contributed by atoms with Crippen molar-refractivity contribution in [3.63, 3.8) is 0 Å². The summed E-state index contributed by atoms with van der Waals surface area (Å²) in [5, 5.41) is 1.02. The van der Waals surface area contributed by atoms with E-state index in [0.717, 1.165) is 28.5 Å². The molecule has 138 valence electrons. The third kappa shape index (κ3) is 4.13. The van der Waals surface area contributed by atoms with Gasteiger partial charge in [-0.1, -0.05) is 30.3 Å². The van der Waals surface area contributed by atoms with Crippen LogP contribution in [0.2, 0.25) is 0 Å². The Morgan fingerprint density at radius 2 is 1.88 bits per heavy atom. The largest absolute Gasteiger partial charge is 0.417 e. The van der Waals surface area contributed by atoms with E-state index in [2.05, 4.69) is 0 Å². The van der Waals surface area contributed by atoms with Gasteiger partial charge in [0.1, 0.15) is 0 Å². The van der Waals surface area contributed by atoms with Crippen LogP contribution < -0.4 is 4.90 Å². The van der Waals surface area contributed by atoms with Gasteiger partial charge >= 0.3 is 12.2 Å². The van der Waals surface area contributed by atoms with Crippen molar-refractivity contribution in [1.29, 1.82) is 0 Å². The summed E-state index contributed by atoms with van der Waals surface area (Å²) in [5.41, 5.74) is 0.416.